The molecule has 0 aliphatic carbocycles. The van der Waals surface area contributed by atoms with Gasteiger partial charge in [0.2, 0.25) is 0 Å². The van der Waals surface area contributed by atoms with Crippen LogP contribution in [0.5, 0.6) is 0 Å². The van der Waals surface area contributed by atoms with E-state index in [4.69, 9.17) is 0 Å². The first-order valence-corrected chi connectivity index (χ1v) is 6.77. The number of hydrogen-bond donors (Lipinski definition) is 1. The van der Waals surface area contributed by atoms with Crippen molar-refractivity contribution in [3.05, 3.63) is 35.4 Å². The molecule has 0 aromatic heterocycles. The topological polar surface area (TPSA) is 40.5 Å². The summed E-state index contributed by atoms with van der Waals surface area (Å²) in [6, 6.07) is 7.81. The second-order valence-corrected chi connectivity index (χ2v) is 4.89. The van der Waals surface area contributed by atoms with Crippen LogP contribution in [0.4, 0.5) is 0 Å². The minimum atomic E-state index is -0.246. The van der Waals surface area contributed by atoms with E-state index in [1.165, 1.54) is 0 Å². The summed E-state index contributed by atoms with van der Waals surface area (Å²) in [6.45, 7) is 3.49. The number of aliphatic hydroxyl groups is 1. The Hall–Kier alpha value is -1.35. The maximum Gasteiger partial charge on any atom is 0.254 e. The molecule has 1 aromatic rings. The number of rotatable bonds is 2. The zero-order chi connectivity index (χ0) is 13.0. The Balaban J connectivity index is 2.15. The Labute approximate surface area is 108 Å². The fourth-order valence-electron chi connectivity index (χ4n) is 2.49. The highest BCUT2D eigenvalue weighted by atomic mass is 16.3. The summed E-state index contributed by atoms with van der Waals surface area (Å²) < 4.78 is 0. The van der Waals surface area contributed by atoms with Crippen LogP contribution in [0.25, 0.3) is 0 Å². The number of benzene rings is 1. The maximum atomic E-state index is 12.5. The van der Waals surface area contributed by atoms with E-state index in [-0.39, 0.29) is 12.0 Å². The van der Waals surface area contributed by atoms with Crippen LogP contribution in [0.15, 0.2) is 24.3 Å². The van der Waals surface area contributed by atoms with E-state index in [1.807, 2.05) is 29.2 Å². The van der Waals surface area contributed by atoms with Gasteiger partial charge in [0.1, 0.15) is 0 Å². The van der Waals surface area contributed by atoms with Crippen LogP contribution in [0.2, 0.25) is 0 Å². The minimum absolute atomic E-state index is 0.113. The van der Waals surface area contributed by atoms with Crippen molar-refractivity contribution in [1.82, 2.24) is 4.90 Å². The average Bonchev–Trinajstić information content (AvgIpc) is 2.62. The van der Waals surface area contributed by atoms with Gasteiger partial charge in [-0.1, -0.05) is 25.1 Å². The van der Waals surface area contributed by atoms with Gasteiger partial charge in [-0.2, -0.15) is 0 Å². The Morgan fingerprint density at radius 2 is 2.11 bits per heavy atom. The molecule has 1 aliphatic heterocycles. The summed E-state index contributed by atoms with van der Waals surface area (Å²) in [6.07, 6.45) is 3.02. The molecule has 1 heterocycles. The van der Waals surface area contributed by atoms with Gasteiger partial charge in [0.05, 0.1) is 6.10 Å². The molecule has 1 aromatic carbocycles. The van der Waals surface area contributed by atoms with E-state index in [2.05, 4.69) is 6.92 Å². The van der Waals surface area contributed by atoms with Gasteiger partial charge in [0.15, 0.2) is 0 Å². The molecule has 98 valence electrons. The smallest absolute Gasteiger partial charge is 0.254 e. The molecule has 1 unspecified atom stereocenters. The summed E-state index contributed by atoms with van der Waals surface area (Å²) in [5.74, 6) is 0.113. The summed E-state index contributed by atoms with van der Waals surface area (Å²) >= 11 is 0. The lowest BCUT2D eigenvalue weighted by Crippen LogP contribution is -2.32. The van der Waals surface area contributed by atoms with Crippen molar-refractivity contribution < 1.29 is 9.90 Å². The van der Waals surface area contributed by atoms with E-state index >= 15 is 0 Å². The van der Waals surface area contributed by atoms with Crippen molar-refractivity contribution in [1.29, 1.82) is 0 Å². The summed E-state index contributed by atoms with van der Waals surface area (Å²) in [7, 11) is 0. The lowest BCUT2D eigenvalue weighted by atomic mass is 10.0. The Bertz CT molecular complexity index is 417. The number of amides is 1. The maximum absolute atomic E-state index is 12.5. The van der Waals surface area contributed by atoms with Gasteiger partial charge in [-0.3, -0.25) is 4.79 Å². The minimum Gasteiger partial charge on any atom is -0.393 e. The standard InChI is InChI=1S/C15H21NO2/c1-2-12-6-3-4-8-14(12)15(18)16-10-5-7-13(17)9-11-16/h3-4,6,8,13,17H,2,5,7,9-11H2,1H3. The van der Waals surface area contributed by atoms with Gasteiger partial charge in [-0.05, 0) is 37.3 Å². The van der Waals surface area contributed by atoms with Gasteiger partial charge in [-0.25, -0.2) is 0 Å². The molecule has 1 aliphatic rings. The van der Waals surface area contributed by atoms with Crippen molar-refractivity contribution in [2.24, 2.45) is 0 Å². The van der Waals surface area contributed by atoms with Crippen molar-refractivity contribution in [3.63, 3.8) is 0 Å². The Morgan fingerprint density at radius 3 is 2.89 bits per heavy atom. The summed E-state index contributed by atoms with van der Waals surface area (Å²) in [4.78, 5) is 14.4. The third-order valence-corrected chi connectivity index (χ3v) is 3.61. The molecule has 1 fully saturated rings. The first kappa shape index (κ1) is 13.1. The summed E-state index contributed by atoms with van der Waals surface area (Å²) in [5.41, 5.74) is 1.92. The first-order valence-electron chi connectivity index (χ1n) is 6.77. The SMILES string of the molecule is CCc1ccccc1C(=O)N1CCCC(O)CC1. The highest BCUT2D eigenvalue weighted by Gasteiger charge is 2.21. The molecule has 1 N–H and O–H groups in total. The fourth-order valence-corrected chi connectivity index (χ4v) is 2.49. The van der Waals surface area contributed by atoms with E-state index < -0.39 is 0 Å². The third-order valence-electron chi connectivity index (χ3n) is 3.61. The van der Waals surface area contributed by atoms with Crippen LogP contribution in [0, 0.1) is 0 Å². The van der Waals surface area contributed by atoms with Crippen LogP contribution in [-0.2, 0) is 6.42 Å². The largest absolute Gasteiger partial charge is 0.393 e. The molecule has 1 atom stereocenters. The van der Waals surface area contributed by atoms with Crippen molar-refractivity contribution >= 4 is 5.91 Å². The predicted octanol–water partition coefficient (Wildman–Crippen LogP) is 2.24. The van der Waals surface area contributed by atoms with Gasteiger partial charge in [-0.15, -0.1) is 0 Å². The lowest BCUT2D eigenvalue weighted by Gasteiger charge is -2.21. The van der Waals surface area contributed by atoms with Crippen LogP contribution in [0.3, 0.4) is 0 Å². The van der Waals surface area contributed by atoms with Gasteiger partial charge in [0, 0.05) is 18.7 Å². The van der Waals surface area contributed by atoms with Crippen LogP contribution in [0.1, 0.15) is 42.1 Å². The lowest BCUT2D eigenvalue weighted by molar-refractivity contribution is 0.0752. The zero-order valence-electron chi connectivity index (χ0n) is 10.9. The molecule has 18 heavy (non-hydrogen) atoms. The monoisotopic (exact) mass is 247 g/mol. The number of carbonyl (C=O) groups is 1. The van der Waals surface area contributed by atoms with E-state index in [1.54, 1.807) is 0 Å². The molecule has 0 saturated carbocycles. The van der Waals surface area contributed by atoms with Crippen molar-refractivity contribution in [2.75, 3.05) is 13.1 Å². The molecule has 0 radical (unpaired) electrons. The second kappa shape index (κ2) is 6.01. The van der Waals surface area contributed by atoms with Crippen molar-refractivity contribution in [2.45, 2.75) is 38.7 Å². The number of hydrogen-bond acceptors (Lipinski definition) is 2. The van der Waals surface area contributed by atoms with E-state index in [0.29, 0.717) is 13.0 Å². The highest BCUT2D eigenvalue weighted by molar-refractivity contribution is 5.95. The average molecular weight is 247 g/mol. The molecule has 3 nitrogen and oxygen atoms in total. The number of likely N-dealkylation sites (tertiary alicyclic amines) is 1. The molecule has 1 saturated heterocycles. The van der Waals surface area contributed by atoms with E-state index in [0.717, 1.165) is 36.9 Å². The summed E-state index contributed by atoms with van der Waals surface area (Å²) in [5, 5.41) is 9.62. The molecule has 2 rings (SSSR count). The Kier molecular flexibility index (Phi) is 4.37. The quantitative estimate of drug-likeness (QED) is 0.870. The number of nitrogens with zero attached hydrogens (tertiary/aromatic N) is 1. The number of aryl methyl sites for hydroxylation is 1. The van der Waals surface area contributed by atoms with Gasteiger partial charge in [0.25, 0.3) is 5.91 Å². The van der Waals surface area contributed by atoms with Gasteiger partial charge >= 0.3 is 0 Å². The molecule has 3 heteroatoms. The molecule has 0 spiro atoms. The molecule has 0 bridgehead atoms. The van der Waals surface area contributed by atoms with Gasteiger partial charge < -0.3 is 10.0 Å². The molecular weight excluding hydrogens is 226 g/mol. The number of aliphatic hydroxyl groups excluding tert-OH is 1. The molecule has 1 amide bonds. The zero-order valence-corrected chi connectivity index (χ0v) is 10.9. The van der Waals surface area contributed by atoms with Crippen LogP contribution >= 0.6 is 0 Å². The normalized spacial score (nSPS) is 20.6. The Morgan fingerprint density at radius 1 is 1.33 bits per heavy atom. The second-order valence-electron chi connectivity index (χ2n) is 4.89. The van der Waals surface area contributed by atoms with E-state index in [9.17, 15) is 9.90 Å². The predicted molar refractivity (Wildman–Crippen MR) is 71.6 cm³/mol. The van der Waals surface area contributed by atoms with Crippen molar-refractivity contribution in [3.8, 4) is 0 Å². The highest BCUT2D eigenvalue weighted by Crippen LogP contribution is 2.16. The molecular formula is C15H21NO2. The van der Waals surface area contributed by atoms with Crippen LogP contribution in [-0.4, -0.2) is 35.1 Å². The fraction of sp³-hybridized carbons (Fsp3) is 0.533. The first-order chi connectivity index (χ1) is 8.72. The third kappa shape index (κ3) is 2.91. The number of carbonyl (C=O) groups excluding carboxylic acids is 1. The van der Waals surface area contributed by atoms with Crippen LogP contribution < -0.4 is 0 Å².